The molecule has 2 atom stereocenters. The van der Waals surface area contributed by atoms with Gasteiger partial charge in [-0.25, -0.2) is 0 Å². The summed E-state index contributed by atoms with van der Waals surface area (Å²) >= 11 is 0. The minimum atomic E-state index is -0.426. The molecule has 100 valence electrons. The van der Waals surface area contributed by atoms with Gasteiger partial charge >= 0.3 is 0 Å². The largest absolute Gasteiger partial charge is 0.389 e. The average molecular weight is 249 g/mol. The molecule has 2 N–H and O–H groups in total. The summed E-state index contributed by atoms with van der Waals surface area (Å²) in [6, 6.07) is 9.02. The van der Waals surface area contributed by atoms with Gasteiger partial charge in [-0.1, -0.05) is 30.7 Å². The number of aliphatic hydroxyl groups excluding tert-OH is 1. The Bertz CT molecular complexity index is 367. The zero-order valence-electron chi connectivity index (χ0n) is 11.1. The van der Waals surface area contributed by atoms with E-state index in [1.54, 1.807) is 7.11 Å². The zero-order chi connectivity index (χ0) is 12.8. The summed E-state index contributed by atoms with van der Waals surface area (Å²) in [6.07, 6.45) is 4.40. The molecule has 0 aliphatic heterocycles. The lowest BCUT2D eigenvalue weighted by Crippen LogP contribution is -2.33. The first-order valence-electron chi connectivity index (χ1n) is 6.79. The van der Waals surface area contributed by atoms with Crippen molar-refractivity contribution in [2.75, 3.05) is 20.3 Å². The maximum atomic E-state index is 9.71. The van der Waals surface area contributed by atoms with Gasteiger partial charge in [0.25, 0.3) is 0 Å². The Kier molecular flexibility index (Phi) is 5.17. The first-order chi connectivity index (χ1) is 8.81. The van der Waals surface area contributed by atoms with E-state index in [2.05, 4.69) is 29.6 Å². The molecule has 0 bridgehead atoms. The van der Waals surface area contributed by atoms with Crippen molar-refractivity contribution in [2.45, 2.75) is 37.8 Å². The normalized spacial score (nSPS) is 21.1. The van der Waals surface area contributed by atoms with Crippen molar-refractivity contribution >= 4 is 0 Å². The van der Waals surface area contributed by atoms with E-state index in [0.717, 1.165) is 6.42 Å². The highest BCUT2D eigenvalue weighted by molar-refractivity contribution is 5.31. The molecule has 0 radical (unpaired) electrons. The van der Waals surface area contributed by atoms with E-state index in [4.69, 9.17) is 4.74 Å². The maximum Gasteiger partial charge on any atom is 0.0897 e. The van der Waals surface area contributed by atoms with Crippen LogP contribution < -0.4 is 5.32 Å². The minimum absolute atomic E-state index is 0.371. The van der Waals surface area contributed by atoms with E-state index in [9.17, 15) is 5.11 Å². The minimum Gasteiger partial charge on any atom is -0.389 e. The zero-order valence-corrected chi connectivity index (χ0v) is 11.1. The van der Waals surface area contributed by atoms with Crippen molar-refractivity contribution in [3.8, 4) is 0 Å². The molecule has 0 aromatic heterocycles. The number of methoxy groups -OCH3 is 1. The number of aryl methyl sites for hydroxylation is 1. The Hall–Kier alpha value is -0.900. The molecule has 0 saturated carbocycles. The van der Waals surface area contributed by atoms with Crippen LogP contribution in [0.25, 0.3) is 0 Å². The molecule has 18 heavy (non-hydrogen) atoms. The summed E-state index contributed by atoms with van der Waals surface area (Å²) in [4.78, 5) is 0. The summed E-state index contributed by atoms with van der Waals surface area (Å²) < 4.78 is 4.95. The SMILES string of the molecule is COCC(O)CNC1CCCCc2ccccc21. The van der Waals surface area contributed by atoms with Gasteiger partial charge in [-0.05, 0) is 30.4 Å². The second kappa shape index (κ2) is 6.88. The lowest BCUT2D eigenvalue weighted by Gasteiger charge is -2.21. The second-order valence-corrected chi connectivity index (χ2v) is 5.01. The van der Waals surface area contributed by atoms with Crippen LogP contribution in [-0.2, 0) is 11.2 Å². The van der Waals surface area contributed by atoms with E-state index in [1.807, 2.05) is 0 Å². The quantitative estimate of drug-likeness (QED) is 0.785. The number of hydrogen-bond donors (Lipinski definition) is 2. The highest BCUT2D eigenvalue weighted by atomic mass is 16.5. The summed E-state index contributed by atoms with van der Waals surface area (Å²) in [5.41, 5.74) is 2.85. The monoisotopic (exact) mass is 249 g/mol. The van der Waals surface area contributed by atoms with Crippen molar-refractivity contribution in [1.29, 1.82) is 0 Å². The molecular formula is C15H23NO2. The van der Waals surface area contributed by atoms with Crippen LogP contribution in [0.1, 0.15) is 36.4 Å². The molecular weight excluding hydrogens is 226 g/mol. The lowest BCUT2D eigenvalue weighted by molar-refractivity contribution is 0.0624. The summed E-state index contributed by atoms with van der Waals surface area (Å²) in [5.74, 6) is 0. The molecule has 1 aliphatic carbocycles. The summed E-state index contributed by atoms with van der Waals surface area (Å²) in [6.45, 7) is 0.980. The Morgan fingerprint density at radius 3 is 3.06 bits per heavy atom. The highest BCUT2D eigenvalue weighted by Crippen LogP contribution is 2.28. The smallest absolute Gasteiger partial charge is 0.0897 e. The molecule has 1 aliphatic rings. The fourth-order valence-electron chi connectivity index (χ4n) is 2.66. The van der Waals surface area contributed by atoms with Crippen LogP contribution in [0.2, 0.25) is 0 Å². The van der Waals surface area contributed by atoms with E-state index in [0.29, 0.717) is 19.2 Å². The molecule has 3 heteroatoms. The van der Waals surface area contributed by atoms with Crippen molar-refractivity contribution < 1.29 is 9.84 Å². The molecule has 0 heterocycles. The molecule has 2 rings (SSSR count). The maximum absolute atomic E-state index is 9.71. The number of fused-ring (bicyclic) bond motifs is 1. The Morgan fingerprint density at radius 1 is 1.39 bits per heavy atom. The standard InChI is InChI=1S/C15H23NO2/c1-18-11-13(17)10-16-15-9-5-3-7-12-6-2-4-8-14(12)15/h2,4,6,8,13,15-17H,3,5,7,9-11H2,1H3. The van der Waals surface area contributed by atoms with Crippen LogP contribution >= 0.6 is 0 Å². The molecule has 0 saturated heterocycles. The van der Waals surface area contributed by atoms with Crippen LogP contribution in [0, 0.1) is 0 Å². The Balaban J connectivity index is 1.99. The van der Waals surface area contributed by atoms with Gasteiger partial charge in [0.2, 0.25) is 0 Å². The van der Waals surface area contributed by atoms with E-state index in [-0.39, 0.29) is 0 Å². The Labute approximate surface area is 109 Å². The molecule has 0 amide bonds. The van der Waals surface area contributed by atoms with Gasteiger partial charge in [-0.2, -0.15) is 0 Å². The third-order valence-corrected chi connectivity index (χ3v) is 3.58. The molecule has 0 fully saturated rings. The Morgan fingerprint density at radius 2 is 2.22 bits per heavy atom. The van der Waals surface area contributed by atoms with Crippen molar-refractivity contribution in [3.63, 3.8) is 0 Å². The number of hydrogen-bond acceptors (Lipinski definition) is 3. The molecule has 1 aromatic rings. The van der Waals surface area contributed by atoms with Crippen molar-refractivity contribution in [3.05, 3.63) is 35.4 Å². The third-order valence-electron chi connectivity index (χ3n) is 3.58. The second-order valence-electron chi connectivity index (χ2n) is 5.01. The van der Waals surface area contributed by atoms with Gasteiger partial charge in [0.15, 0.2) is 0 Å². The number of benzene rings is 1. The summed E-state index contributed by atoms with van der Waals surface area (Å²) in [7, 11) is 1.62. The average Bonchev–Trinajstić information content (AvgIpc) is 2.59. The summed E-state index contributed by atoms with van der Waals surface area (Å²) in [5, 5.41) is 13.2. The van der Waals surface area contributed by atoms with Crippen molar-refractivity contribution in [1.82, 2.24) is 5.32 Å². The molecule has 3 nitrogen and oxygen atoms in total. The lowest BCUT2D eigenvalue weighted by atomic mass is 9.99. The number of rotatable bonds is 5. The van der Waals surface area contributed by atoms with Gasteiger partial charge < -0.3 is 15.2 Å². The topological polar surface area (TPSA) is 41.5 Å². The van der Waals surface area contributed by atoms with Crippen LogP contribution in [0.3, 0.4) is 0 Å². The molecule has 2 unspecified atom stereocenters. The first kappa shape index (κ1) is 13.5. The van der Waals surface area contributed by atoms with Gasteiger partial charge in [0, 0.05) is 19.7 Å². The van der Waals surface area contributed by atoms with Crippen LogP contribution in [0.4, 0.5) is 0 Å². The predicted octanol–water partition coefficient (Wildman–Crippen LogP) is 2.05. The predicted molar refractivity (Wildman–Crippen MR) is 72.6 cm³/mol. The van der Waals surface area contributed by atoms with Gasteiger partial charge in [0.05, 0.1) is 12.7 Å². The van der Waals surface area contributed by atoms with Crippen molar-refractivity contribution in [2.24, 2.45) is 0 Å². The van der Waals surface area contributed by atoms with Gasteiger partial charge in [-0.3, -0.25) is 0 Å². The van der Waals surface area contributed by atoms with Crippen LogP contribution in [0.5, 0.6) is 0 Å². The molecule has 0 spiro atoms. The fourth-order valence-corrected chi connectivity index (χ4v) is 2.66. The van der Waals surface area contributed by atoms with E-state index in [1.165, 1.54) is 30.4 Å². The number of ether oxygens (including phenoxy) is 1. The molecule has 1 aromatic carbocycles. The fraction of sp³-hybridized carbons (Fsp3) is 0.600. The highest BCUT2D eigenvalue weighted by Gasteiger charge is 2.18. The number of nitrogens with one attached hydrogen (secondary N) is 1. The van der Waals surface area contributed by atoms with E-state index >= 15 is 0 Å². The van der Waals surface area contributed by atoms with Gasteiger partial charge in [-0.15, -0.1) is 0 Å². The van der Waals surface area contributed by atoms with Crippen LogP contribution in [-0.4, -0.2) is 31.5 Å². The third kappa shape index (κ3) is 3.55. The van der Waals surface area contributed by atoms with E-state index < -0.39 is 6.10 Å². The first-order valence-corrected chi connectivity index (χ1v) is 6.79. The number of aliphatic hydroxyl groups is 1. The van der Waals surface area contributed by atoms with Gasteiger partial charge in [0.1, 0.15) is 0 Å². The van der Waals surface area contributed by atoms with Crippen LogP contribution in [0.15, 0.2) is 24.3 Å².